The molecule has 11 heteroatoms. The number of carboxylic acids is 1. The molecule has 2 heterocycles. The number of hydrogen-bond acceptors (Lipinski definition) is 7. The molecule has 180 valence electrons. The van der Waals surface area contributed by atoms with Gasteiger partial charge in [-0.3, -0.25) is 9.59 Å². The monoisotopic (exact) mass is 478 g/mol. The van der Waals surface area contributed by atoms with Crippen LogP contribution in [-0.4, -0.2) is 53.8 Å². The SMILES string of the molecule is CCCC(=O)[O-].CN(CC(=O)OC(C)(C)C)S(=O)(=O)c1ccc2[nH]c(=O)c3[nH]ccc3c2c1. The zero-order chi connectivity index (χ0) is 25.0. The van der Waals surface area contributed by atoms with Crippen LogP contribution in [0.3, 0.4) is 0 Å². The van der Waals surface area contributed by atoms with Crippen LogP contribution in [0.4, 0.5) is 0 Å². The quantitative estimate of drug-likeness (QED) is 0.509. The number of sulfonamides is 1. The first-order valence-electron chi connectivity index (χ1n) is 10.3. The molecule has 0 amide bonds. The minimum absolute atomic E-state index is 0.0237. The molecule has 3 rings (SSSR count). The van der Waals surface area contributed by atoms with E-state index in [2.05, 4.69) is 9.97 Å². The minimum atomic E-state index is -3.91. The standard InChI is InChI=1S/C18H21N3O5S.C4H8O2/c1-18(2,3)26-15(22)10-21(4)27(24,25)11-5-6-14-13(9-11)12-7-8-19-16(12)17(23)20-14;1-2-3-4(5)6/h5-9,19H,10H2,1-4H3,(H,20,23);2-3H2,1H3,(H,5,6)/p-1. The fraction of sp³-hybridized carbons (Fsp3) is 0.409. The number of aromatic amines is 2. The zero-order valence-corrected chi connectivity index (χ0v) is 20.0. The van der Waals surface area contributed by atoms with Crippen molar-refractivity contribution in [1.29, 1.82) is 0 Å². The van der Waals surface area contributed by atoms with Gasteiger partial charge < -0.3 is 24.6 Å². The number of nitrogens with zero attached hydrogens (tertiary/aromatic N) is 1. The number of esters is 1. The predicted molar refractivity (Wildman–Crippen MR) is 122 cm³/mol. The molecule has 0 saturated heterocycles. The molecule has 0 saturated carbocycles. The van der Waals surface area contributed by atoms with Crippen LogP contribution in [0.25, 0.3) is 21.8 Å². The molecule has 0 aliphatic carbocycles. The van der Waals surface area contributed by atoms with Gasteiger partial charge in [0.2, 0.25) is 10.0 Å². The number of H-pyrrole nitrogens is 2. The van der Waals surface area contributed by atoms with E-state index in [0.29, 0.717) is 28.2 Å². The van der Waals surface area contributed by atoms with Gasteiger partial charge in [0.25, 0.3) is 5.56 Å². The Hall–Kier alpha value is -3.18. The number of hydrogen-bond donors (Lipinski definition) is 2. The maximum absolute atomic E-state index is 12.9. The lowest BCUT2D eigenvalue weighted by molar-refractivity contribution is -0.305. The van der Waals surface area contributed by atoms with Gasteiger partial charge in [-0.25, -0.2) is 8.42 Å². The normalized spacial score (nSPS) is 11.9. The van der Waals surface area contributed by atoms with Crippen LogP contribution < -0.4 is 10.7 Å². The fourth-order valence-electron chi connectivity index (χ4n) is 3.01. The number of fused-ring (bicyclic) bond motifs is 3. The van der Waals surface area contributed by atoms with Gasteiger partial charge in [-0.15, -0.1) is 0 Å². The van der Waals surface area contributed by atoms with Crippen molar-refractivity contribution in [2.75, 3.05) is 13.6 Å². The fourth-order valence-corrected chi connectivity index (χ4v) is 4.15. The lowest BCUT2D eigenvalue weighted by Gasteiger charge is -2.22. The predicted octanol–water partition coefficient (Wildman–Crippen LogP) is 1.51. The minimum Gasteiger partial charge on any atom is -0.550 e. The number of rotatable bonds is 6. The molecule has 0 atom stereocenters. The van der Waals surface area contributed by atoms with E-state index in [-0.39, 0.29) is 16.9 Å². The Morgan fingerprint density at radius 3 is 2.36 bits per heavy atom. The number of ether oxygens (including phenoxy) is 1. The summed E-state index contributed by atoms with van der Waals surface area (Å²) in [5.41, 5.74) is -0.0729. The molecular weight excluding hydrogens is 450 g/mol. The maximum Gasteiger partial charge on any atom is 0.321 e. The molecule has 0 fully saturated rings. The third kappa shape index (κ3) is 6.65. The first-order chi connectivity index (χ1) is 15.3. The molecular formula is C22H28N3O7S-. The third-order valence-electron chi connectivity index (χ3n) is 4.44. The zero-order valence-electron chi connectivity index (χ0n) is 19.2. The van der Waals surface area contributed by atoms with Crippen molar-refractivity contribution in [2.45, 2.75) is 51.0 Å². The van der Waals surface area contributed by atoms with E-state index in [9.17, 15) is 27.9 Å². The number of pyridine rings is 1. The number of nitrogens with one attached hydrogen (secondary N) is 2. The van der Waals surface area contributed by atoms with Gasteiger partial charge in [0.05, 0.1) is 4.90 Å². The first-order valence-corrected chi connectivity index (χ1v) is 11.7. The molecule has 0 aliphatic rings. The Morgan fingerprint density at radius 1 is 1.15 bits per heavy atom. The van der Waals surface area contributed by atoms with Gasteiger partial charge in [-0.05, 0) is 51.5 Å². The molecule has 3 aromatic rings. The molecule has 0 aliphatic heterocycles. The van der Waals surface area contributed by atoms with E-state index < -0.39 is 34.1 Å². The van der Waals surface area contributed by atoms with Gasteiger partial charge in [0.1, 0.15) is 17.7 Å². The van der Waals surface area contributed by atoms with Crippen LogP contribution in [0.2, 0.25) is 0 Å². The van der Waals surface area contributed by atoms with Crippen LogP contribution in [-0.2, 0) is 24.3 Å². The summed E-state index contributed by atoms with van der Waals surface area (Å²) in [6.07, 6.45) is 2.47. The van der Waals surface area contributed by atoms with E-state index >= 15 is 0 Å². The van der Waals surface area contributed by atoms with Crippen LogP contribution >= 0.6 is 0 Å². The van der Waals surface area contributed by atoms with Gasteiger partial charge in [-0.1, -0.05) is 13.3 Å². The highest BCUT2D eigenvalue weighted by Crippen LogP contribution is 2.25. The largest absolute Gasteiger partial charge is 0.550 e. The summed E-state index contributed by atoms with van der Waals surface area (Å²) in [6, 6.07) is 6.14. The lowest BCUT2D eigenvalue weighted by atomic mass is 10.1. The Labute approximate surface area is 191 Å². The molecule has 0 spiro atoms. The summed E-state index contributed by atoms with van der Waals surface area (Å²) in [5.74, 6) is -1.59. The van der Waals surface area contributed by atoms with Crippen molar-refractivity contribution >= 4 is 43.8 Å². The van der Waals surface area contributed by atoms with Crippen molar-refractivity contribution in [1.82, 2.24) is 14.3 Å². The number of benzene rings is 1. The summed E-state index contributed by atoms with van der Waals surface area (Å²) >= 11 is 0. The Morgan fingerprint density at radius 2 is 1.82 bits per heavy atom. The van der Waals surface area contributed by atoms with Crippen LogP contribution in [0.5, 0.6) is 0 Å². The molecule has 2 aromatic heterocycles. The number of carbonyl (C=O) groups excluding carboxylic acids is 2. The Balaban J connectivity index is 0.000000569. The van der Waals surface area contributed by atoms with Crippen LogP contribution in [0.15, 0.2) is 40.2 Å². The van der Waals surface area contributed by atoms with Crippen LogP contribution in [0.1, 0.15) is 40.5 Å². The second-order valence-corrected chi connectivity index (χ2v) is 10.4. The lowest BCUT2D eigenvalue weighted by Crippen LogP contribution is -2.36. The van der Waals surface area contributed by atoms with E-state index in [1.54, 1.807) is 40.0 Å². The number of aliphatic carboxylic acids is 1. The molecule has 0 bridgehead atoms. The van der Waals surface area contributed by atoms with Crippen molar-refractivity contribution < 1.29 is 27.9 Å². The summed E-state index contributed by atoms with van der Waals surface area (Å²) in [6.45, 7) is 6.54. The first kappa shape index (κ1) is 26.1. The van der Waals surface area contributed by atoms with Gasteiger partial charge in [0, 0.05) is 35.5 Å². The van der Waals surface area contributed by atoms with Crippen molar-refractivity contribution in [3.05, 3.63) is 40.8 Å². The van der Waals surface area contributed by atoms with Crippen molar-refractivity contribution in [3.8, 4) is 0 Å². The van der Waals surface area contributed by atoms with Crippen molar-refractivity contribution in [3.63, 3.8) is 0 Å². The van der Waals surface area contributed by atoms with Gasteiger partial charge >= 0.3 is 5.97 Å². The highest BCUT2D eigenvalue weighted by Gasteiger charge is 2.26. The van der Waals surface area contributed by atoms with E-state index in [1.165, 1.54) is 25.2 Å². The number of likely N-dealkylation sites (N-methyl/N-ethyl adjacent to an activating group) is 1. The average molecular weight is 479 g/mol. The second kappa shape index (κ2) is 10.2. The summed E-state index contributed by atoms with van der Waals surface area (Å²) < 4.78 is 31.8. The number of aromatic nitrogens is 2. The maximum atomic E-state index is 12.9. The van der Waals surface area contributed by atoms with E-state index in [1.807, 2.05) is 0 Å². The molecule has 10 nitrogen and oxygen atoms in total. The number of carboxylic acid groups (broad SMARTS) is 1. The number of carbonyl (C=O) groups is 2. The highest BCUT2D eigenvalue weighted by atomic mass is 32.2. The Bertz CT molecular complexity index is 1320. The van der Waals surface area contributed by atoms with E-state index in [4.69, 9.17) is 4.74 Å². The topological polar surface area (TPSA) is 152 Å². The average Bonchev–Trinajstić information content (AvgIpc) is 3.17. The molecule has 2 N–H and O–H groups in total. The van der Waals surface area contributed by atoms with Gasteiger partial charge in [-0.2, -0.15) is 4.31 Å². The summed E-state index contributed by atoms with van der Waals surface area (Å²) in [5, 5.41) is 10.7. The summed E-state index contributed by atoms with van der Waals surface area (Å²) in [4.78, 5) is 39.1. The second-order valence-electron chi connectivity index (χ2n) is 8.40. The van der Waals surface area contributed by atoms with E-state index in [0.717, 1.165) is 4.31 Å². The molecule has 33 heavy (non-hydrogen) atoms. The smallest absolute Gasteiger partial charge is 0.321 e. The Kier molecular flexibility index (Phi) is 8.04. The third-order valence-corrected chi connectivity index (χ3v) is 6.24. The van der Waals surface area contributed by atoms with Gasteiger partial charge in [0.15, 0.2) is 0 Å². The molecule has 0 unspecified atom stereocenters. The molecule has 1 aromatic carbocycles. The van der Waals surface area contributed by atoms with Crippen LogP contribution in [0, 0.1) is 0 Å². The summed E-state index contributed by atoms with van der Waals surface area (Å²) in [7, 11) is -2.59. The highest BCUT2D eigenvalue weighted by molar-refractivity contribution is 7.89. The molecule has 0 radical (unpaired) electrons. The van der Waals surface area contributed by atoms with Crippen molar-refractivity contribution in [2.24, 2.45) is 0 Å².